The minimum atomic E-state index is 0.605. The van der Waals surface area contributed by atoms with E-state index in [1.807, 2.05) is 134 Å². The molecule has 0 amide bonds. The monoisotopic (exact) mass is 878 g/mol. The van der Waals surface area contributed by atoms with Gasteiger partial charge in [-0.25, -0.2) is 0 Å². The van der Waals surface area contributed by atoms with Crippen LogP contribution in [0, 0.1) is 0 Å². The average molecular weight is 879 g/mol. The predicted octanol–water partition coefficient (Wildman–Crippen LogP) is 17.9. The van der Waals surface area contributed by atoms with E-state index in [2.05, 4.69) is 149 Å². The van der Waals surface area contributed by atoms with Gasteiger partial charge in [-0.3, -0.25) is 0 Å². The highest BCUT2D eigenvalue weighted by molar-refractivity contribution is 5.90. The first kappa shape index (κ1) is 51.2. The Balaban J connectivity index is 0.000000178. The van der Waals surface area contributed by atoms with Crippen molar-refractivity contribution in [3.05, 3.63) is 309 Å². The number of hydrogen-bond donors (Lipinski definition) is 0. The summed E-state index contributed by atoms with van der Waals surface area (Å²) in [6.07, 6.45) is 11.8. The fourth-order valence-corrected chi connectivity index (χ4v) is 6.17. The van der Waals surface area contributed by atoms with E-state index in [-0.39, 0.29) is 0 Å². The van der Waals surface area contributed by atoms with Gasteiger partial charge in [-0.1, -0.05) is 239 Å². The first-order chi connectivity index (χ1) is 32.8. The van der Waals surface area contributed by atoms with Crippen LogP contribution in [0.25, 0.3) is 45.8 Å². The third kappa shape index (κ3) is 19.9. The first-order valence-electron chi connectivity index (χ1n) is 22.1. The van der Waals surface area contributed by atoms with Crippen molar-refractivity contribution in [1.29, 1.82) is 0 Å². The van der Waals surface area contributed by atoms with Gasteiger partial charge in [0.2, 0.25) is 0 Å². The van der Waals surface area contributed by atoms with Crippen LogP contribution in [0.4, 0.5) is 0 Å². The number of ether oxygens (including phenoxy) is 2. The summed E-state index contributed by atoms with van der Waals surface area (Å²) in [7, 11) is 0. The molecule has 3 nitrogen and oxygen atoms in total. The van der Waals surface area contributed by atoms with Gasteiger partial charge in [0, 0.05) is 0 Å². The lowest BCUT2D eigenvalue weighted by molar-refractivity contribution is 0.202. The Morgan fingerprint density at radius 1 is 0.463 bits per heavy atom. The van der Waals surface area contributed by atoms with Crippen LogP contribution in [-0.4, -0.2) is 0 Å². The van der Waals surface area contributed by atoms with Gasteiger partial charge in [-0.15, -0.1) is 6.58 Å². The van der Waals surface area contributed by atoms with E-state index >= 15 is 0 Å². The SMILES string of the molecule is C=C(C)OCc1ccccc1.C=CCc1ccccc1.C=Cc1ccc(OCc2ccccc2)cc1.C=Cc1ccc2ccccc2c1.C=Cc1cccc2ccccc12.C=Cc1ccco1. The van der Waals surface area contributed by atoms with Gasteiger partial charge in [0.15, 0.2) is 0 Å². The summed E-state index contributed by atoms with van der Waals surface area (Å²) in [4.78, 5) is 0. The zero-order valence-electron chi connectivity index (χ0n) is 38.8. The van der Waals surface area contributed by atoms with Gasteiger partial charge in [0.1, 0.15) is 24.7 Å². The van der Waals surface area contributed by atoms with Crippen molar-refractivity contribution in [2.24, 2.45) is 0 Å². The standard InChI is InChI=1S/C15H14O.2C12H10.C10H12O.C9H10.C6H6O/c1-2-13-8-10-15(11-9-13)16-12-14-6-4-3-5-7-14;1-2-10-7-5-8-11-6-3-4-9-12(10)11;1-2-10-7-8-11-5-3-4-6-12(11)9-10;1-9(2)11-8-10-6-4-3-5-7-10;1-2-6-9-7-4-3-5-8-9;1-2-6-4-3-5-7-6/h2-11H,1,12H2;2*2-9H,1H2;3-7H,1,8H2,2H3;2-5,7-8H,1,6H2;2-5H,1H2. The zero-order chi connectivity index (χ0) is 47.7. The van der Waals surface area contributed by atoms with Crippen molar-refractivity contribution in [2.45, 2.75) is 26.6 Å². The van der Waals surface area contributed by atoms with Crippen LogP contribution in [0.1, 0.15) is 46.1 Å². The Kier molecular flexibility index (Phi) is 23.4. The molecule has 0 saturated carbocycles. The molecule has 336 valence electrons. The Morgan fingerprint density at radius 3 is 1.54 bits per heavy atom. The molecule has 9 rings (SSSR count). The second-order valence-corrected chi connectivity index (χ2v) is 14.8. The second-order valence-electron chi connectivity index (χ2n) is 14.8. The van der Waals surface area contributed by atoms with E-state index in [1.165, 1.54) is 49.4 Å². The van der Waals surface area contributed by atoms with E-state index in [9.17, 15) is 0 Å². The molecule has 0 aliphatic heterocycles. The minimum Gasteiger partial charge on any atom is -0.494 e. The van der Waals surface area contributed by atoms with E-state index in [4.69, 9.17) is 13.9 Å². The molecule has 3 heteroatoms. The molecule has 0 spiro atoms. The van der Waals surface area contributed by atoms with E-state index in [0.717, 1.165) is 29.3 Å². The summed E-state index contributed by atoms with van der Waals surface area (Å²) in [6, 6.07) is 71.3. The fourth-order valence-electron chi connectivity index (χ4n) is 6.17. The number of allylic oxidation sites excluding steroid dienone is 2. The van der Waals surface area contributed by atoms with Crippen LogP contribution in [0.3, 0.4) is 0 Å². The number of rotatable bonds is 12. The maximum Gasteiger partial charge on any atom is 0.126 e. The number of fused-ring (bicyclic) bond motifs is 2. The molecule has 67 heavy (non-hydrogen) atoms. The van der Waals surface area contributed by atoms with Crippen LogP contribution >= 0.6 is 0 Å². The molecule has 0 atom stereocenters. The molecule has 0 fully saturated rings. The summed E-state index contributed by atoms with van der Waals surface area (Å²) in [5.74, 6) is 2.46. The minimum absolute atomic E-state index is 0.605. The third-order valence-corrected chi connectivity index (χ3v) is 9.71. The van der Waals surface area contributed by atoms with Crippen LogP contribution in [0.2, 0.25) is 0 Å². The Hall–Kier alpha value is -8.40. The quantitative estimate of drug-likeness (QED) is 0.0905. The zero-order valence-corrected chi connectivity index (χ0v) is 38.8. The topological polar surface area (TPSA) is 31.6 Å². The van der Waals surface area contributed by atoms with Crippen LogP contribution in [0.5, 0.6) is 5.75 Å². The van der Waals surface area contributed by atoms with Crippen LogP contribution < -0.4 is 4.74 Å². The summed E-state index contributed by atoms with van der Waals surface area (Å²) >= 11 is 0. The summed E-state index contributed by atoms with van der Waals surface area (Å²) in [5, 5.41) is 5.10. The molecule has 0 saturated heterocycles. The molecule has 0 aliphatic rings. The molecule has 8 aromatic carbocycles. The maximum atomic E-state index is 5.66. The van der Waals surface area contributed by atoms with Crippen LogP contribution in [-0.2, 0) is 24.4 Å². The normalized spacial score (nSPS) is 9.51. The average Bonchev–Trinajstić information content (AvgIpc) is 3.94. The number of furan rings is 1. The lowest BCUT2D eigenvalue weighted by atomic mass is 10.1. The van der Waals surface area contributed by atoms with Gasteiger partial charge < -0.3 is 13.9 Å². The highest BCUT2D eigenvalue weighted by Crippen LogP contribution is 2.19. The van der Waals surface area contributed by atoms with Crippen LogP contribution in [0.15, 0.2) is 274 Å². The Labute approximate surface area is 399 Å². The molecular formula is C64H62O3. The van der Waals surface area contributed by atoms with Gasteiger partial charge in [0.05, 0.1) is 12.0 Å². The highest BCUT2D eigenvalue weighted by Gasteiger charge is 1.96. The molecule has 0 aliphatic carbocycles. The van der Waals surface area contributed by atoms with Gasteiger partial charge >= 0.3 is 0 Å². The van der Waals surface area contributed by atoms with Crippen molar-refractivity contribution < 1.29 is 13.9 Å². The summed E-state index contributed by atoms with van der Waals surface area (Å²) in [5.41, 5.74) is 7.16. The largest absolute Gasteiger partial charge is 0.494 e. The van der Waals surface area contributed by atoms with E-state index in [0.29, 0.717) is 13.2 Å². The summed E-state index contributed by atoms with van der Waals surface area (Å²) < 4.78 is 15.8. The Morgan fingerprint density at radius 2 is 1.00 bits per heavy atom. The molecule has 1 aromatic heterocycles. The fraction of sp³-hybridized carbons (Fsp3) is 0.0625. The number of benzene rings is 8. The molecular weight excluding hydrogens is 817 g/mol. The van der Waals surface area contributed by atoms with E-state index < -0.39 is 0 Å². The van der Waals surface area contributed by atoms with Crippen molar-refractivity contribution in [2.75, 3.05) is 0 Å². The van der Waals surface area contributed by atoms with Gasteiger partial charge in [0.25, 0.3) is 0 Å². The molecule has 1 heterocycles. The second kappa shape index (κ2) is 30.6. The molecule has 0 unspecified atom stereocenters. The van der Waals surface area contributed by atoms with Gasteiger partial charge in [-0.2, -0.15) is 0 Å². The molecule has 0 radical (unpaired) electrons. The van der Waals surface area contributed by atoms with Gasteiger partial charge in [-0.05, 0) is 105 Å². The summed E-state index contributed by atoms with van der Waals surface area (Å²) in [6.45, 7) is 25.1. The predicted molar refractivity (Wildman–Crippen MR) is 291 cm³/mol. The Bertz CT molecular complexity index is 2790. The van der Waals surface area contributed by atoms with Crippen molar-refractivity contribution in [3.63, 3.8) is 0 Å². The lowest BCUT2D eigenvalue weighted by Gasteiger charge is -2.06. The highest BCUT2D eigenvalue weighted by atomic mass is 16.5. The number of hydrogen-bond acceptors (Lipinski definition) is 3. The first-order valence-corrected chi connectivity index (χ1v) is 22.1. The van der Waals surface area contributed by atoms with Crippen molar-refractivity contribution in [3.8, 4) is 5.75 Å². The third-order valence-electron chi connectivity index (χ3n) is 9.71. The lowest BCUT2D eigenvalue weighted by Crippen LogP contribution is -1.94. The maximum absolute atomic E-state index is 5.66. The smallest absolute Gasteiger partial charge is 0.126 e. The van der Waals surface area contributed by atoms with E-state index in [1.54, 1.807) is 12.3 Å². The van der Waals surface area contributed by atoms with Crippen molar-refractivity contribution >= 4 is 45.8 Å². The molecule has 0 N–H and O–H groups in total. The van der Waals surface area contributed by atoms with Crippen molar-refractivity contribution in [1.82, 2.24) is 0 Å². The molecule has 0 bridgehead atoms. The molecule has 9 aromatic rings.